The van der Waals surface area contributed by atoms with Crippen LogP contribution in [0.1, 0.15) is 18.4 Å². The highest BCUT2D eigenvalue weighted by atomic mass is 16.3. The van der Waals surface area contributed by atoms with Gasteiger partial charge in [0.05, 0.1) is 5.76 Å². The molecule has 0 atom stereocenters. The van der Waals surface area contributed by atoms with E-state index in [0.717, 1.165) is 12.0 Å². The van der Waals surface area contributed by atoms with Gasteiger partial charge in [-0.1, -0.05) is 18.2 Å². The molecule has 0 heterocycles. The number of rotatable bonds is 2. The van der Waals surface area contributed by atoms with Crippen LogP contribution in [0, 0.1) is 4.91 Å². The zero-order valence-corrected chi connectivity index (χ0v) is 8.18. The topological polar surface area (TPSA) is 49.7 Å². The second kappa shape index (κ2) is 4.09. The lowest BCUT2D eigenvalue weighted by Gasteiger charge is -2.11. The summed E-state index contributed by atoms with van der Waals surface area (Å²) in [6.45, 7) is 0. The summed E-state index contributed by atoms with van der Waals surface area (Å²) in [6.07, 6.45) is 5.13. The van der Waals surface area contributed by atoms with Gasteiger partial charge in [0, 0.05) is 6.42 Å². The van der Waals surface area contributed by atoms with Crippen molar-refractivity contribution >= 4 is 11.3 Å². The van der Waals surface area contributed by atoms with Gasteiger partial charge in [-0.3, -0.25) is 0 Å². The van der Waals surface area contributed by atoms with E-state index < -0.39 is 0 Å². The largest absolute Gasteiger partial charge is 0.512 e. The average molecular weight is 201 g/mol. The summed E-state index contributed by atoms with van der Waals surface area (Å²) in [6, 6.07) is 7.14. The van der Waals surface area contributed by atoms with Crippen molar-refractivity contribution in [3.63, 3.8) is 0 Å². The van der Waals surface area contributed by atoms with Crippen LogP contribution in [-0.4, -0.2) is 5.11 Å². The maximum Gasteiger partial charge on any atom is 0.108 e. The van der Waals surface area contributed by atoms with E-state index in [4.69, 9.17) is 0 Å². The molecule has 1 aliphatic rings. The Labute approximate surface area is 87.7 Å². The summed E-state index contributed by atoms with van der Waals surface area (Å²) in [4.78, 5) is 10.2. The molecule has 76 valence electrons. The van der Waals surface area contributed by atoms with Crippen LogP contribution < -0.4 is 0 Å². The smallest absolute Gasteiger partial charge is 0.108 e. The second-order valence-electron chi connectivity index (χ2n) is 3.49. The Bertz CT molecular complexity index is 429. The van der Waals surface area contributed by atoms with Crippen LogP contribution >= 0.6 is 0 Å². The fourth-order valence-corrected chi connectivity index (χ4v) is 1.60. The first-order chi connectivity index (χ1) is 7.29. The zero-order valence-electron chi connectivity index (χ0n) is 8.18. The lowest BCUT2D eigenvalue weighted by Crippen LogP contribution is -1.92. The summed E-state index contributed by atoms with van der Waals surface area (Å²) in [5, 5.41) is 12.1. The highest BCUT2D eigenvalue weighted by molar-refractivity contribution is 5.69. The van der Waals surface area contributed by atoms with Crippen molar-refractivity contribution in [2.24, 2.45) is 5.18 Å². The lowest BCUT2D eigenvalue weighted by atomic mass is 9.96. The molecule has 0 spiro atoms. The molecule has 3 nitrogen and oxygen atoms in total. The van der Waals surface area contributed by atoms with Gasteiger partial charge in [0.15, 0.2) is 0 Å². The van der Waals surface area contributed by atoms with E-state index in [1.807, 2.05) is 18.2 Å². The predicted molar refractivity (Wildman–Crippen MR) is 59.8 cm³/mol. The average Bonchev–Trinajstić information content (AvgIpc) is 2.30. The minimum absolute atomic E-state index is 0.421. The summed E-state index contributed by atoms with van der Waals surface area (Å²) < 4.78 is 0. The number of aliphatic hydroxyl groups is 1. The van der Waals surface area contributed by atoms with E-state index >= 15 is 0 Å². The molecule has 2 rings (SSSR count). The lowest BCUT2D eigenvalue weighted by molar-refractivity contribution is 0.388. The third kappa shape index (κ3) is 2.13. The fourth-order valence-electron chi connectivity index (χ4n) is 1.60. The molecule has 1 aliphatic carbocycles. The van der Waals surface area contributed by atoms with Crippen LogP contribution in [-0.2, 0) is 0 Å². The summed E-state index contributed by atoms with van der Waals surface area (Å²) in [5.41, 5.74) is 2.69. The van der Waals surface area contributed by atoms with Gasteiger partial charge in [-0.15, -0.1) is 4.91 Å². The Kier molecular flexibility index (Phi) is 2.63. The van der Waals surface area contributed by atoms with Gasteiger partial charge in [0.25, 0.3) is 0 Å². The normalized spacial score (nSPS) is 15.5. The molecule has 0 amide bonds. The molecule has 3 heteroatoms. The van der Waals surface area contributed by atoms with Crippen molar-refractivity contribution in [3.05, 3.63) is 52.6 Å². The van der Waals surface area contributed by atoms with Crippen LogP contribution in [0.2, 0.25) is 0 Å². The second-order valence-corrected chi connectivity index (χ2v) is 3.49. The minimum Gasteiger partial charge on any atom is -0.512 e. The van der Waals surface area contributed by atoms with Crippen LogP contribution in [0.25, 0.3) is 5.57 Å². The quantitative estimate of drug-likeness (QED) is 0.741. The molecule has 1 aromatic rings. The molecule has 0 aliphatic heterocycles. The molecule has 0 aromatic heterocycles. The molecule has 1 N–H and O–H groups in total. The van der Waals surface area contributed by atoms with E-state index in [2.05, 4.69) is 5.18 Å². The number of hydrogen-bond donors (Lipinski definition) is 1. The van der Waals surface area contributed by atoms with Crippen LogP contribution in [0.4, 0.5) is 5.69 Å². The predicted octanol–water partition coefficient (Wildman–Crippen LogP) is 3.70. The Balaban J connectivity index is 2.27. The van der Waals surface area contributed by atoms with E-state index in [-0.39, 0.29) is 0 Å². The molecule has 0 saturated carbocycles. The highest BCUT2D eigenvalue weighted by Crippen LogP contribution is 2.26. The first-order valence-corrected chi connectivity index (χ1v) is 4.82. The Morgan fingerprint density at radius 1 is 1.07 bits per heavy atom. The molecule has 0 fully saturated rings. The zero-order chi connectivity index (χ0) is 10.7. The van der Waals surface area contributed by atoms with E-state index in [9.17, 15) is 10.0 Å². The van der Waals surface area contributed by atoms with Crippen molar-refractivity contribution in [1.29, 1.82) is 0 Å². The molecule has 0 saturated heterocycles. The van der Waals surface area contributed by atoms with Crippen LogP contribution in [0.5, 0.6) is 0 Å². The summed E-state index contributed by atoms with van der Waals surface area (Å²) >= 11 is 0. The summed E-state index contributed by atoms with van der Waals surface area (Å²) in [5.74, 6) is 0.421. The van der Waals surface area contributed by atoms with Crippen molar-refractivity contribution < 1.29 is 5.11 Å². The van der Waals surface area contributed by atoms with E-state index in [0.29, 0.717) is 17.9 Å². The van der Waals surface area contributed by atoms with Gasteiger partial charge in [-0.2, -0.15) is 0 Å². The number of benzene rings is 1. The Hall–Kier alpha value is -1.90. The van der Waals surface area contributed by atoms with Gasteiger partial charge >= 0.3 is 0 Å². The molecule has 1 aromatic carbocycles. The number of nitroso groups, excluding NO2 is 1. The third-order valence-electron chi connectivity index (χ3n) is 2.47. The molecule has 0 radical (unpaired) electrons. The molecule has 15 heavy (non-hydrogen) atoms. The van der Waals surface area contributed by atoms with Gasteiger partial charge in [-0.05, 0) is 40.9 Å². The standard InChI is InChI=1S/C12H11NO2/c14-12-7-3-10(4-8-12)9-1-5-11(13-15)6-2-9/h1-3,5-7,14H,4,8H2. The van der Waals surface area contributed by atoms with Gasteiger partial charge in [0.2, 0.25) is 0 Å². The van der Waals surface area contributed by atoms with Crippen LogP contribution in [0.3, 0.4) is 0 Å². The van der Waals surface area contributed by atoms with Crippen LogP contribution in [0.15, 0.2) is 47.4 Å². The third-order valence-corrected chi connectivity index (χ3v) is 2.47. The van der Waals surface area contributed by atoms with Crippen molar-refractivity contribution in [2.75, 3.05) is 0 Å². The maximum atomic E-state index is 10.2. The minimum atomic E-state index is 0.421. The van der Waals surface area contributed by atoms with Gasteiger partial charge < -0.3 is 5.11 Å². The van der Waals surface area contributed by atoms with E-state index in [1.54, 1.807) is 18.2 Å². The molecular formula is C12H11NO2. The maximum absolute atomic E-state index is 10.2. The Morgan fingerprint density at radius 2 is 1.80 bits per heavy atom. The first kappa shape index (κ1) is 9.65. The summed E-state index contributed by atoms with van der Waals surface area (Å²) in [7, 11) is 0. The van der Waals surface area contributed by atoms with E-state index in [1.165, 1.54) is 5.57 Å². The molecular weight excluding hydrogens is 190 g/mol. The SMILES string of the molecule is O=Nc1ccc(C2=CC=C(O)CC2)cc1. The number of allylic oxidation sites excluding steroid dienone is 4. The van der Waals surface area contributed by atoms with Crippen molar-refractivity contribution in [3.8, 4) is 0 Å². The highest BCUT2D eigenvalue weighted by Gasteiger charge is 2.07. The Morgan fingerprint density at radius 3 is 2.33 bits per heavy atom. The molecule has 0 unspecified atom stereocenters. The van der Waals surface area contributed by atoms with Crippen molar-refractivity contribution in [2.45, 2.75) is 12.8 Å². The van der Waals surface area contributed by atoms with Gasteiger partial charge in [0.1, 0.15) is 5.69 Å². The monoisotopic (exact) mass is 201 g/mol. The first-order valence-electron chi connectivity index (χ1n) is 4.82. The number of nitrogens with zero attached hydrogens (tertiary/aromatic N) is 1. The number of hydrogen-bond acceptors (Lipinski definition) is 3. The van der Waals surface area contributed by atoms with Crippen molar-refractivity contribution in [1.82, 2.24) is 0 Å². The molecule has 0 bridgehead atoms. The number of aliphatic hydroxyl groups excluding tert-OH is 1. The van der Waals surface area contributed by atoms with Gasteiger partial charge in [-0.25, -0.2) is 0 Å². The fraction of sp³-hybridized carbons (Fsp3) is 0.167.